The number of carbonyl (C=O) groups excluding carboxylic acids is 1. The Hall–Kier alpha value is -2.90. The molecular formula is C21H29N7O. The van der Waals surface area contributed by atoms with Crippen LogP contribution in [0, 0.1) is 6.92 Å². The Balaban J connectivity index is 1.47. The lowest BCUT2D eigenvalue weighted by Crippen LogP contribution is -2.44. The first-order valence-corrected chi connectivity index (χ1v) is 10.4. The normalized spacial score (nSPS) is 19.7. The quantitative estimate of drug-likeness (QED) is 0.533. The molecule has 1 aromatic carbocycles. The molecule has 0 bridgehead atoms. The molecule has 3 N–H and O–H groups in total. The summed E-state index contributed by atoms with van der Waals surface area (Å²) in [5, 5.41) is 18.3. The summed E-state index contributed by atoms with van der Waals surface area (Å²) in [6.45, 7) is 3.05. The maximum absolute atomic E-state index is 12.1. The highest BCUT2D eigenvalue weighted by Crippen LogP contribution is 2.31. The number of amides is 1. The molecule has 4 rings (SSSR count). The lowest BCUT2D eigenvalue weighted by molar-refractivity contribution is -0.116. The van der Waals surface area contributed by atoms with Crippen molar-refractivity contribution in [3.63, 3.8) is 0 Å². The number of para-hydroxylation sites is 1. The molecular weight excluding hydrogens is 366 g/mol. The summed E-state index contributed by atoms with van der Waals surface area (Å²) < 4.78 is 1.96. The lowest BCUT2D eigenvalue weighted by Gasteiger charge is -2.27. The topological polar surface area (TPSA) is 96.2 Å². The molecule has 1 unspecified atom stereocenters. The number of nitrogens with zero attached hydrogens (tertiary/aromatic N) is 4. The second-order valence-corrected chi connectivity index (χ2v) is 7.93. The number of benzene rings is 1. The van der Waals surface area contributed by atoms with E-state index in [-0.39, 0.29) is 11.8 Å². The van der Waals surface area contributed by atoms with Gasteiger partial charge in [0.05, 0.1) is 0 Å². The molecule has 0 spiro atoms. The van der Waals surface area contributed by atoms with E-state index < -0.39 is 0 Å². The Labute approximate surface area is 171 Å². The molecule has 0 radical (unpaired) electrons. The van der Waals surface area contributed by atoms with Crippen LogP contribution in [0.3, 0.4) is 0 Å². The van der Waals surface area contributed by atoms with Gasteiger partial charge in [-0.25, -0.2) is 4.99 Å². The first kappa shape index (κ1) is 19.4. The minimum atomic E-state index is 0.0623. The van der Waals surface area contributed by atoms with E-state index in [1.54, 1.807) is 0 Å². The third-order valence-electron chi connectivity index (χ3n) is 5.88. The van der Waals surface area contributed by atoms with Gasteiger partial charge in [-0.1, -0.05) is 31.0 Å². The molecule has 2 heterocycles. The van der Waals surface area contributed by atoms with E-state index in [1.807, 2.05) is 36.7 Å². The van der Waals surface area contributed by atoms with Crippen molar-refractivity contribution in [3.05, 3.63) is 41.5 Å². The highest BCUT2D eigenvalue weighted by Gasteiger charge is 2.25. The zero-order valence-electron chi connectivity index (χ0n) is 17.1. The second kappa shape index (κ2) is 8.63. The van der Waals surface area contributed by atoms with Gasteiger partial charge >= 0.3 is 0 Å². The number of aromatic nitrogens is 3. The fraction of sp³-hybridized carbons (Fsp3) is 0.524. The number of aliphatic imine (C=N–C) groups is 1. The molecule has 1 saturated carbocycles. The summed E-state index contributed by atoms with van der Waals surface area (Å²) in [6, 6.07) is 8.47. The van der Waals surface area contributed by atoms with Gasteiger partial charge in [-0.15, -0.1) is 10.2 Å². The van der Waals surface area contributed by atoms with Crippen molar-refractivity contribution in [1.82, 2.24) is 25.4 Å². The second-order valence-electron chi connectivity index (χ2n) is 7.93. The average molecular weight is 396 g/mol. The standard InChI is InChI=1S/C21H29N7O/c1-14-26-27-19(28(14)2)13-23-21(24-16-7-3-4-8-16)22-12-15-11-20(29)25-18-10-6-5-9-17(15)18/h5-6,9-10,15-16H,3-4,7-8,11-13H2,1-2H3,(H,25,29)(H2,22,23,24). The van der Waals surface area contributed by atoms with Crippen LogP contribution in [0.25, 0.3) is 0 Å². The molecule has 8 heteroatoms. The molecule has 1 aromatic heterocycles. The van der Waals surface area contributed by atoms with Crippen LogP contribution >= 0.6 is 0 Å². The van der Waals surface area contributed by atoms with Crippen molar-refractivity contribution in [3.8, 4) is 0 Å². The number of rotatable bonds is 5. The maximum Gasteiger partial charge on any atom is 0.225 e. The van der Waals surface area contributed by atoms with Crippen LogP contribution in [-0.4, -0.2) is 39.2 Å². The third-order valence-corrected chi connectivity index (χ3v) is 5.88. The molecule has 1 amide bonds. The zero-order valence-corrected chi connectivity index (χ0v) is 17.1. The maximum atomic E-state index is 12.1. The first-order chi connectivity index (χ1) is 14.1. The minimum absolute atomic E-state index is 0.0623. The van der Waals surface area contributed by atoms with Gasteiger partial charge in [-0.2, -0.15) is 0 Å². The van der Waals surface area contributed by atoms with Gasteiger partial charge in [0, 0.05) is 37.7 Å². The predicted molar refractivity (Wildman–Crippen MR) is 113 cm³/mol. The van der Waals surface area contributed by atoms with E-state index in [0.29, 0.717) is 25.6 Å². The lowest BCUT2D eigenvalue weighted by atomic mass is 9.90. The summed E-state index contributed by atoms with van der Waals surface area (Å²) in [6.07, 6.45) is 5.31. The monoisotopic (exact) mass is 395 g/mol. The molecule has 8 nitrogen and oxygen atoms in total. The van der Waals surface area contributed by atoms with Crippen LogP contribution in [0.1, 0.15) is 55.2 Å². The smallest absolute Gasteiger partial charge is 0.225 e. The van der Waals surface area contributed by atoms with Crippen molar-refractivity contribution >= 4 is 17.6 Å². The Morgan fingerprint density at radius 1 is 1.28 bits per heavy atom. The molecule has 154 valence electrons. The largest absolute Gasteiger partial charge is 0.356 e. The molecule has 2 aliphatic rings. The minimum Gasteiger partial charge on any atom is -0.356 e. The Morgan fingerprint density at radius 2 is 2.07 bits per heavy atom. The molecule has 1 fully saturated rings. The third kappa shape index (κ3) is 4.58. The predicted octanol–water partition coefficient (Wildman–Crippen LogP) is 2.23. The average Bonchev–Trinajstić information content (AvgIpc) is 3.34. The number of hydrogen-bond acceptors (Lipinski definition) is 4. The summed E-state index contributed by atoms with van der Waals surface area (Å²) in [7, 11) is 1.95. The van der Waals surface area contributed by atoms with Gasteiger partial charge in [0.25, 0.3) is 0 Å². The number of guanidine groups is 1. The highest BCUT2D eigenvalue weighted by atomic mass is 16.1. The van der Waals surface area contributed by atoms with Gasteiger partial charge in [-0.3, -0.25) is 4.79 Å². The Bertz CT molecular complexity index is 898. The SMILES string of the molecule is Cc1nnc(CN=C(NCC2CC(=O)Nc3ccccc32)NC2CCCC2)n1C. The van der Waals surface area contributed by atoms with E-state index in [2.05, 4.69) is 32.2 Å². The fourth-order valence-electron chi connectivity index (χ4n) is 4.06. The summed E-state index contributed by atoms with van der Waals surface area (Å²) in [5.74, 6) is 2.66. The van der Waals surface area contributed by atoms with Crippen LogP contribution in [0.5, 0.6) is 0 Å². The molecule has 1 aliphatic carbocycles. The van der Waals surface area contributed by atoms with E-state index in [0.717, 1.165) is 23.3 Å². The van der Waals surface area contributed by atoms with Crippen molar-refractivity contribution in [2.75, 3.05) is 11.9 Å². The van der Waals surface area contributed by atoms with Gasteiger partial charge in [0.1, 0.15) is 12.4 Å². The first-order valence-electron chi connectivity index (χ1n) is 10.4. The summed E-state index contributed by atoms with van der Waals surface area (Å²) in [5.41, 5.74) is 2.08. The van der Waals surface area contributed by atoms with Crippen molar-refractivity contribution < 1.29 is 4.79 Å². The van der Waals surface area contributed by atoms with E-state index in [9.17, 15) is 4.79 Å². The molecule has 2 aromatic rings. The van der Waals surface area contributed by atoms with Gasteiger partial charge in [0.15, 0.2) is 11.8 Å². The van der Waals surface area contributed by atoms with Crippen LogP contribution in [-0.2, 0) is 18.4 Å². The Kier molecular flexibility index (Phi) is 5.78. The molecule has 0 saturated heterocycles. The van der Waals surface area contributed by atoms with E-state index >= 15 is 0 Å². The zero-order chi connectivity index (χ0) is 20.2. The number of hydrogen-bond donors (Lipinski definition) is 3. The molecule has 1 atom stereocenters. The molecule has 1 aliphatic heterocycles. The number of fused-ring (bicyclic) bond motifs is 1. The highest BCUT2D eigenvalue weighted by molar-refractivity contribution is 5.94. The van der Waals surface area contributed by atoms with Gasteiger partial charge in [-0.05, 0) is 31.4 Å². The van der Waals surface area contributed by atoms with E-state index in [4.69, 9.17) is 4.99 Å². The Morgan fingerprint density at radius 3 is 2.83 bits per heavy atom. The summed E-state index contributed by atoms with van der Waals surface area (Å²) >= 11 is 0. The van der Waals surface area contributed by atoms with Crippen LogP contribution < -0.4 is 16.0 Å². The molecule has 29 heavy (non-hydrogen) atoms. The fourth-order valence-corrected chi connectivity index (χ4v) is 4.06. The van der Waals surface area contributed by atoms with Crippen LogP contribution in [0.2, 0.25) is 0 Å². The van der Waals surface area contributed by atoms with Crippen molar-refractivity contribution in [2.24, 2.45) is 12.0 Å². The number of carbonyl (C=O) groups is 1. The van der Waals surface area contributed by atoms with Crippen LogP contribution in [0.15, 0.2) is 29.3 Å². The number of aryl methyl sites for hydroxylation is 1. The number of anilines is 1. The van der Waals surface area contributed by atoms with Crippen molar-refractivity contribution in [2.45, 2.75) is 57.5 Å². The van der Waals surface area contributed by atoms with Gasteiger partial charge < -0.3 is 20.5 Å². The van der Waals surface area contributed by atoms with Crippen LogP contribution in [0.4, 0.5) is 5.69 Å². The number of nitrogens with one attached hydrogen (secondary N) is 3. The summed E-state index contributed by atoms with van der Waals surface area (Å²) in [4.78, 5) is 16.9. The van der Waals surface area contributed by atoms with Crippen molar-refractivity contribution in [1.29, 1.82) is 0 Å². The van der Waals surface area contributed by atoms with E-state index in [1.165, 1.54) is 31.2 Å². The van der Waals surface area contributed by atoms with Gasteiger partial charge in [0.2, 0.25) is 5.91 Å².